The number of rotatable bonds is 8. The van der Waals surface area contributed by atoms with Crippen LogP contribution in [0.2, 0.25) is 0 Å². The Morgan fingerprint density at radius 1 is 0.950 bits per heavy atom. The molecule has 40 heavy (non-hydrogen) atoms. The molecule has 0 aromatic heterocycles. The second-order valence-corrected chi connectivity index (χ2v) is 12.8. The van der Waals surface area contributed by atoms with Gasteiger partial charge in [-0.25, -0.2) is 19.6 Å². The molecule has 2 unspecified atom stereocenters. The van der Waals surface area contributed by atoms with Crippen LogP contribution in [-0.4, -0.2) is 60.5 Å². The van der Waals surface area contributed by atoms with Crippen LogP contribution >= 0.6 is 0 Å². The van der Waals surface area contributed by atoms with Crippen LogP contribution in [-0.2, 0) is 52.8 Å². The van der Waals surface area contributed by atoms with Crippen molar-refractivity contribution >= 4 is 11.9 Å². The summed E-state index contributed by atoms with van der Waals surface area (Å²) in [4.78, 5) is 47.8. The summed E-state index contributed by atoms with van der Waals surface area (Å²) in [6.45, 7) is 15.4. The Hall–Kier alpha value is -1.60. The zero-order chi connectivity index (χ0) is 28.9. The average Bonchev–Trinajstić information content (AvgIpc) is 3.11. The van der Waals surface area contributed by atoms with Crippen LogP contribution in [0.15, 0.2) is 12.2 Å². The minimum absolute atomic E-state index is 0.0438. The quantitative estimate of drug-likeness (QED) is 0.234. The third kappa shape index (κ3) is 5.71. The van der Waals surface area contributed by atoms with Gasteiger partial charge in [-0.2, -0.15) is 0 Å². The van der Waals surface area contributed by atoms with E-state index in [1.54, 1.807) is 13.8 Å². The van der Waals surface area contributed by atoms with Crippen LogP contribution < -0.4 is 0 Å². The Morgan fingerprint density at radius 2 is 1.70 bits per heavy atom. The van der Waals surface area contributed by atoms with Gasteiger partial charge in [-0.15, -0.1) is 0 Å². The third-order valence-electron chi connectivity index (χ3n) is 9.15. The van der Waals surface area contributed by atoms with Gasteiger partial charge in [0.05, 0.1) is 25.6 Å². The molecular formula is C29H44O11. The van der Waals surface area contributed by atoms with E-state index in [0.29, 0.717) is 18.8 Å². The van der Waals surface area contributed by atoms with Gasteiger partial charge >= 0.3 is 11.9 Å². The second kappa shape index (κ2) is 11.2. The van der Waals surface area contributed by atoms with Crippen LogP contribution in [0.5, 0.6) is 0 Å². The zero-order valence-electron chi connectivity index (χ0n) is 24.5. The summed E-state index contributed by atoms with van der Waals surface area (Å²) in [6, 6.07) is 0. The number of ether oxygens (including phenoxy) is 5. The number of carbonyl (C=O) groups is 2. The number of fused-ring (bicyclic) bond motifs is 2. The van der Waals surface area contributed by atoms with E-state index in [4.69, 9.17) is 43.2 Å². The molecule has 6 aliphatic rings. The Morgan fingerprint density at radius 3 is 2.45 bits per heavy atom. The van der Waals surface area contributed by atoms with Crippen molar-refractivity contribution in [1.82, 2.24) is 0 Å². The third-order valence-corrected chi connectivity index (χ3v) is 9.15. The lowest BCUT2D eigenvalue weighted by molar-refractivity contribution is -0.576. The van der Waals surface area contributed by atoms with E-state index in [1.807, 2.05) is 20.8 Å². The van der Waals surface area contributed by atoms with Gasteiger partial charge in [0.1, 0.15) is 6.10 Å². The van der Waals surface area contributed by atoms with Gasteiger partial charge in [0, 0.05) is 24.7 Å². The molecule has 5 aliphatic heterocycles. The maximum Gasteiger partial charge on any atom is 0.308 e. The normalized spacial score (nSPS) is 43.8. The van der Waals surface area contributed by atoms with Crippen LogP contribution in [0.25, 0.3) is 0 Å². The molecule has 0 aromatic carbocycles. The first-order valence-electron chi connectivity index (χ1n) is 14.6. The molecule has 5 saturated heterocycles. The molecular weight excluding hydrogens is 524 g/mol. The summed E-state index contributed by atoms with van der Waals surface area (Å²) < 4.78 is 29.6. The Balaban J connectivity index is 1.12. The number of hydrogen-bond acceptors (Lipinski definition) is 11. The summed E-state index contributed by atoms with van der Waals surface area (Å²) >= 11 is 0. The molecule has 0 radical (unpaired) electrons. The van der Waals surface area contributed by atoms with Crippen molar-refractivity contribution in [2.75, 3.05) is 6.61 Å². The van der Waals surface area contributed by atoms with Gasteiger partial charge in [0.2, 0.25) is 12.1 Å². The van der Waals surface area contributed by atoms with Gasteiger partial charge < -0.3 is 23.7 Å². The summed E-state index contributed by atoms with van der Waals surface area (Å²) in [6.07, 6.45) is 1.38. The van der Waals surface area contributed by atoms with Crippen molar-refractivity contribution in [2.24, 2.45) is 23.7 Å². The molecule has 11 nitrogen and oxygen atoms in total. The van der Waals surface area contributed by atoms with Crippen LogP contribution in [0, 0.1) is 23.7 Å². The highest BCUT2D eigenvalue weighted by molar-refractivity contribution is 5.77. The van der Waals surface area contributed by atoms with Crippen LogP contribution in [0.3, 0.4) is 0 Å². The van der Waals surface area contributed by atoms with Gasteiger partial charge in [-0.3, -0.25) is 9.59 Å². The fourth-order valence-corrected chi connectivity index (χ4v) is 7.05. The Labute approximate surface area is 235 Å². The van der Waals surface area contributed by atoms with Crippen molar-refractivity contribution in [1.29, 1.82) is 0 Å². The summed E-state index contributed by atoms with van der Waals surface area (Å²) in [7, 11) is 0. The van der Waals surface area contributed by atoms with Crippen molar-refractivity contribution in [3.8, 4) is 0 Å². The highest BCUT2D eigenvalue weighted by Gasteiger charge is 2.69. The largest absolute Gasteiger partial charge is 0.466 e. The summed E-state index contributed by atoms with van der Waals surface area (Å²) in [5.74, 6) is -2.28. The van der Waals surface area contributed by atoms with Gasteiger partial charge in [0.15, 0.2) is 17.7 Å². The lowest BCUT2D eigenvalue weighted by atomic mass is 9.58. The molecule has 2 bridgehead atoms. The van der Waals surface area contributed by atoms with E-state index >= 15 is 0 Å². The standard InChI is InChI=1S/C29H44O11/c1-16(2)24-21(35-27(5,6)38-37-24)13-15-32-22(30)10-11-23(31)33-25-18(4)20-9-8-17(3)19-12-14-28(7)36-26(34-25)29(19,20)40-39-28/h17-21,24-26H,1,8-15H2,2-7H3/t17-,18-,19+,20+,21?,24?,25-,26-,28-,29-/m1/s1. The number of hydrogen-bond donors (Lipinski definition) is 0. The first-order chi connectivity index (χ1) is 18.8. The van der Waals surface area contributed by atoms with Crippen molar-refractivity contribution in [3.63, 3.8) is 0 Å². The predicted molar refractivity (Wildman–Crippen MR) is 137 cm³/mol. The lowest BCUT2D eigenvalue weighted by Gasteiger charge is -2.59. The smallest absolute Gasteiger partial charge is 0.308 e. The first-order valence-corrected chi connectivity index (χ1v) is 14.6. The van der Waals surface area contributed by atoms with Gasteiger partial charge in [0.25, 0.3) is 0 Å². The Bertz CT molecular complexity index is 983. The number of carbonyl (C=O) groups excluding carboxylic acids is 2. The van der Waals surface area contributed by atoms with Crippen LogP contribution in [0.1, 0.15) is 86.5 Å². The van der Waals surface area contributed by atoms with Crippen molar-refractivity contribution < 1.29 is 52.8 Å². The molecule has 1 saturated carbocycles. The van der Waals surface area contributed by atoms with Crippen LogP contribution in [0.4, 0.5) is 0 Å². The predicted octanol–water partition coefficient (Wildman–Crippen LogP) is 4.48. The highest BCUT2D eigenvalue weighted by atomic mass is 17.3. The number of esters is 2. The fraction of sp³-hybridized carbons (Fsp3) is 0.862. The van der Waals surface area contributed by atoms with E-state index in [9.17, 15) is 9.59 Å². The summed E-state index contributed by atoms with van der Waals surface area (Å²) in [5.41, 5.74) is 0.0189. The topological polar surface area (TPSA) is 117 Å². The zero-order valence-corrected chi connectivity index (χ0v) is 24.5. The molecule has 11 heteroatoms. The molecule has 0 aromatic rings. The van der Waals surface area contributed by atoms with Crippen molar-refractivity contribution in [2.45, 2.75) is 128 Å². The van der Waals surface area contributed by atoms with Crippen molar-refractivity contribution in [3.05, 3.63) is 12.2 Å². The SMILES string of the molecule is C=C(C)C1OOC(C)(C)OC1CCOC(=O)CCC(=O)O[C@@H]1O[C@@H]2O[C@@]3(C)CC[C@H]4[C@H](C)CC[C@@H]([C@H]1C)[C@@]24OO3. The molecule has 1 aliphatic carbocycles. The second-order valence-electron chi connectivity index (χ2n) is 12.8. The van der Waals surface area contributed by atoms with Gasteiger partial charge in [-0.1, -0.05) is 20.4 Å². The maximum atomic E-state index is 12.8. The molecule has 6 rings (SSSR count). The van der Waals surface area contributed by atoms with E-state index in [-0.39, 0.29) is 43.3 Å². The average molecular weight is 569 g/mol. The van der Waals surface area contributed by atoms with E-state index in [1.165, 1.54) is 0 Å². The molecule has 226 valence electrons. The molecule has 1 spiro atoms. The highest BCUT2D eigenvalue weighted by Crippen LogP contribution is 2.60. The minimum Gasteiger partial charge on any atom is -0.466 e. The maximum absolute atomic E-state index is 12.8. The molecule has 6 fully saturated rings. The lowest BCUT2D eigenvalue weighted by Crippen LogP contribution is -2.70. The minimum atomic E-state index is -0.919. The van der Waals surface area contributed by atoms with E-state index in [0.717, 1.165) is 24.8 Å². The van der Waals surface area contributed by atoms with E-state index in [2.05, 4.69) is 13.5 Å². The summed E-state index contributed by atoms with van der Waals surface area (Å²) in [5, 5.41) is 0. The monoisotopic (exact) mass is 568 g/mol. The molecule has 0 amide bonds. The van der Waals surface area contributed by atoms with Gasteiger partial charge in [-0.05, 0) is 64.4 Å². The molecule has 0 N–H and O–H groups in total. The molecule has 5 heterocycles. The van der Waals surface area contributed by atoms with E-state index < -0.39 is 47.8 Å². The Kier molecular flexibility index (Phi) is 8.40. The fourth-order valence-electron chi connectivity index (χ4n) is 7.05. The molecule has 10 atom stereocenters. The first kappa shape index (κ1) is 29.9.